The van der Waals surface area contributed by atoms with Gasteiger partial charge in [0.25, 0.3) is 0 Å². The van der Waals surface area contributed by atoms with Crippen molar-refractivity contribution in [1.29, 1.82) is 0 Å². The highest BCUT2D eigenvalue weighted by molar-refractivity contribution is 6.31. The van der Waals surface area contributed by atoms with Crippen molar-refractivity contribution >= 4 is 17.6 Å². The first-order chi connectivity index (χ1) is 8.65. The van der Waals surface area contributed by atoms with E-state index < -0.39 is 5.97 Å². The van der Waals surface area contributed by atoms with Gasteiger partial charge >= 0.3 is 5.97 Å². The minimum Gasteiger partial charge on any atom is -0.481 e. The number of carbonyl (C=O) groups is 1. The van der Waals surface area contributed by atoms with Gasteiger partial charge in [0.15, 0.2) is 0 Å². The van der Waals surface area contributed by atoms with E-state index in [1.807, 2.05) is 12.1 Å². The standard InChI is InChI=1S/C13H16ClNO3/c14-12-7-10(8-13(16)17)1-2-11(12)9-15-3-5-18-6-4-15/h1-2,7H,3-6,8-9H2,(H,16,17). The Morgan fingerprint density at radius 1 is 1.39 bits per heavy atom. The topological polar surface area (TPSA) is 49.8 Å². The Balaban J connectivity index is 2.02. The minimum atomic E-state index is -0.841. The predicted molar refractivity (Wildman–Crippen MR) is 68.9 cm³/mol. The average Bonchev–Trinajstić information content (AvgIpc) is 2.33. The molecule has 2 rings (SSSR count). The van der Waals surface area contributed by atoms with Crippen LogP contribution in [0.25, 0.3) is 0 Å². The number of halogens is 1. The Labute approximate surface area is 111 Å². The van der Waals surface area contributed by atoms with E-state index in [-0.39, 0.29) is 6.42 Å². The molecule has 5 heteroatoms. The van der Waals surface area contributed by atoms with Crippen LogP contribution in [0.5, 0.6) is 0 Å². The van der Waals surface area contributed by atoms with Crippen molar-refractivity contribution in [2.45, 2.75) is 13.0 Å². The molecular weight excluding hydrogens is 254 g/mol. The lowest BCUT2D eigenvalue weighted by Crippen LogP contribution is -2.35. The lowest BCUT2D eigenvalue weighted by molar-refractivity contribution is -0.136. The van der Waals surface area contributed by atoms with Crippen molar-refractivity contribution in [3.05, 3.63) is 34.3 Å². The number of carboxylic acids is 1. The number of carboxylic acid groups (broad SMARTS) is 1. The summed E-state index contributed by atoms with van der Waals surface area (Å²) in [5, 5.41) is 9.36. The number of morpholine rings is 1. The molecule has 4 nitrogen and oxygen atoms in total. The van der Waals surface area contributed by atoms with E-state index in [0.29, 0.717) is 5.02 Å². The largest absolute Gasteiger partial charge is 0.481 e. The number of aliphatic carboxylic acids is 1. The van der Waals surface area contributed by atoms with Gasteiger partial charge < -0.3 is 9.84 Å². The molecule has 1 N–H and O–H groups in total. The van der Waals surface area contributed by atoms with Gasteiger partial charge in [0.2, 0.25) is 0 Å². The molecule has 0 bridgehead atoms. The van der Waals surface area contributed by atoms with Crippen LogP contribution in [0.4, 0.5) is 0 Å². The average molecular weight is 270 g/mol. The minimum absolute atomic E-state index is 0.0115. The van der Waals surface area contributed by atoms with Crippen molar-refractivity contribution in [2.75, 3.05) is 26.3 Å². The molecule has 1 fully saturated rings. The summed E-state index contributed by atoms with van der Waals surface area (Å²) < 4.78 is 5.29. The molecule has 0 unspecified atom stereocenters. The molecule has 0 saturated carbocycles. The van der Waals surface area contributed by atoms with E-state index in [9.17, 15) is 4.79 Å². The van der Waals surface area contributed by atoms with Crippen molar-refractivity contribution in [1.82, 2.24) is 4.90 Å². The number of rotatable bonds is 4. The Kier molecular flexibility index (Phi) is 4.58. The van der Waals surface area contributed by atoms with Crippen LogP contribution in [0.3, 0.4) is 0 Å². The molecule has 0 spiro atoms. The van der Waals surface area contributed by atoms with Crippen molar-refractivity contribution in [3.8, 4) is 0 Å². The Morgan fingerprint density at radius 3 is 2.72 bits per heavy atom. The zero-order valence-electron chi connectivity index (χ0n) is 10.1. The second-order valence-electron chi connectivity index (χ2n) is 4.38. The maximum atomic E-state index is 10.6. The van der Waals surface area contributed by atoms with Gasteiger partial charge in [-0.1, -0.05) is 23.7 Å². The summed E-state index contributed by atoms with van der Waals surface area (Å²) in [7, 11) is 0. The van der Waals surface area contributed by atoms with Crippen molar-refractivity contribution in [2.24, 2.45) is 0 Å². The molecule has 1 aromatic carbocycles. The summed E-state index contributed by atoms with van der Waals surface area (Å²) in [6.07, 6.45) is 0.0115. The zero-order valence-corrected chi connectivity index (χ0v) is 10.8. The second kappa shape index (κ2) is 6.18. The van der Waals surface area contributed by atoms with E-state index in [4.69, 9.17) is 21.4 Å². The summed E-state index contributed by atoms with van der Waals surface area (Å²) >= 11 is 6.18. The molecule has 0 atom stereocenters. The van der Waals surface area contributed by atoms with Gasteiger partial charge in [-0.3, -0.25) is 9.69 Å². The summed E-state index contributed by atoms with van der Waals surface area (Å²) in [6.45, 7) is 4.12. The fraction of sp³-hybridized carbons (Fsp3) is 0.462. The lowest BCUT2D eigenvalue weighted by atomic mass is 10.1. The fourth-order valence-corrected chi connectivity index (χ4v) is 2.27. The third-order valence-electron chi connectivity index (χ3n) is 2.97. The molecule has 0 amide bonds. The molecule has 0 radical (unpaired) electrons. The highest BCUT2D eigenvalue weighted by Crippen LogP contribution is 2.20. The number of ether oxygens (including phenoxy) is 1. The lowest BCUT2D eigenvalue weighted by Gasteiger charge is -2.26. The van der Waals surface area contributed by atoms with E-state index >= 15 is 0 Å². The number of hydrogen-bond donors (Lipinski definition) is 1. The molecule has 98 valence electrons. The third-order valence-corrected chi connectivity index (χ3v) is 3.32. The number of benzene rings is 1. The smallest absolute Gasteiger partial charge is 0.307 e. The molecule has 0 aliphatic carbocycles. The Hall–Kier alpha value is -1.10. The Bertz CT molecular complexity index is 430. The van der Waals surface area contributed by atoms with Gasteiger partial charge in [0, 0.05) is 24.7 Å². The van der Waals surface area contributed by atoms with E-state index in [2.05, 4.69) is 4.90 Å². The van der Waals surface area contributed by atoms with Crippen LogP contribution in [-0.2, 0) is 22.5 Å². The molecule has 1 saturated heterocycles. The molecule has 1 heterocycles. The molecule has 1 aromatic rings. The normalized spacial score (nSPS) is 16.7. The Morgan fingerprint density at radius 2 is 2.11 bits per heavy atom. The zero-order chi connectivity index (χ0) is 13.0. The van der Waals surface area contributed by atoms with Gasteiger partial charge in [-0.15, -0.1) is 0 Å². The predicted octanol–water partition coefficient (Wildman–Crippen LogP) is 1.80. The van der Waals surface area contributed by atoms with Crippen LogP contribution in [0.15, 0.2) is 18.2 Å². The second-order valence-corrected chi connectivity index (χ2v) is 4.79. The van der Waals surface area contributed by atoms with Crippen molar-refractivity contribution < 1.29 is 14.6 Å². The highest BCUT2D eigenvalue weighted by atomic mass is 35.5. The number of nitrogens with zero attached hydrogens (tertiary/aromatic N) is 1. The van der Waals surface area contributed by atoms with E-state index in [0.717, 1.165) is 44.0 Å². The van der Waals surface area contributed by atoms with E-state index in [1.165, 1.54) is 0 Å². The van der Waals surface area contributed by atoms with Crippen LogP contribution < -0.4 is 0 Å². The maximum absolute atomic E-state index is 10.6. The quantitative estimate of drug-likeness (QED) is 0.906. The highest BCUT2D eigenvalue weighted by Gasteiger charge is 2.13. The van der Waals surface area contributed by atoms with Gasteiger partial charge in [0.1, 0.15) is 0 Å². The van der Waals surface area contributed by atoms with E-state index in [1.54, 1.807) is 6.07 Å². The number of hydrogen-bond acceptors (Lipinski definition) is 3. The maximum Gasteiger partial charge on any atom is 0.307 e. The molecule has 1 aliphatic heterocycles. The van der Waals surface area contributed by atoms with Crippen LogP contribution in [-0.4, -0.2) is 42.3 Å². The first-order valence-corrected chi connectivity index (χ1v) is 6.32. The van der Waals surface area contributed by atoms with Gasteiger partial charge in [-0.05, 0) is 17.2 Å². The molecule has 1 aliphatic rings. The van der Waals surface area contributed by atoms with Crippen molar-refractivity contribution in [3.63, 3.8) is 0 Å². The van der Waals surface area contributed by atoms with Crippen LogP contribution in [0.1, 0.15) is 11.1 Å². The first-order valence-electron chi connectivity index (χ1n) is 5.94. The monoisotopic (exact) mass is 269 g/mol. The van der Waals surface area contributed by atoms with Crippen LogP contribution >= 0.6 is 11.6 Å². The third kappa shape index (κ3) is 3.70. The summed E-state index contributed by atoms with van der Waals surface area (Å²) in [5.74, 6) is -0.841. The summed E-state index contributed by atoms with van der Waals surface area (Å²) in [5.41, 5.74) is 1.77. The SMILES string of the molecule is O=C(O)Cc1ccc(CN2CCOCC2)c(Cl)c1. The molecule has 0 aromatic heterocycles. The van der Waals surface area contributed by atoms with Crippen LogP contribution in [0, 0.1) is 0 Å². The summed E-state index contributed by atoms with van der Waals surface area (Å²) in [6, 6.07) is 5.48. The van der Waals surface area contributed by atoms with Gasteiger partial charge in [-0.25, -0.2) is 0 Å². The van der Waals surface area contributed by atoms with Crippen LogP contribution in [0.2, 0.25) is 5.02 Å². The summed E-state index contributed by atoms with van der Waals surface area (Å²) in [4.78, 5) is 12.9. The molecule has 18 heavy (non-hydrogen) atoms. The van der Waals surface area contributed by atoms with Gasteiger partial charge in [0.05, 0.1) is 19.6 Å². The first kappa shape index (κ1) is 13.3. The fourth-order valence-electron chi connectivity index (χ4n) is 2.00. The molecular formula is C13H16ClNO3. The van der Waals surface area contributed by atoms with Gasteiger partial charge in [-0.2, -0.15) is 0 Å².